The topological polar surface area (TPSA) is 39.2 Å². The number of nitrogens with two attached hydrogens (primary N) is 1. The fraction of sp³-hybridized carbons (Fsp3) is 0.182. The molecule has 0 saturated carbocycles. The van der Waals surface area contributed by atoms with Crippen LogP contribution in [0.3, 0.4) is 0 Å². The standard InChI is InChI=1S/C22H23NO/c23-17-22-20(15-16-24-22)13-7-8-14-21(18-9-3-1-4-10-18)19-11-5-2-6-12-19/h1-6,9-12,14-16H,7-8,13,17,23H2. The van der Waals surface area contributed by atoms with E-state index in [0.717, 1.165) is 25.0 Å². The van der Waals surface area contributed by atoms with Gasteiger partial charge in [-0.15, -0.1) is 0 Å². The van der Waals surface area contributed by atoms with Gasteiger partial charge in [0.2, 0.25) is 0 Å². The van der Waals surface area contributed by atoms with E-state index in [4.69, 9.17) is 10.2 Å². The molecule has 0 fully saturated rings. The van der Waals surface area contributed by atoms with Crippen LogP contribution in [-0.2, 0) is 13.0 Å². The van der Waals surface area contributed by atoms with Crippen LogP contribution in [-0.4, -0.2) is 0 Å². The highest BCUT2D eigenvalue weighted by atomic mass is 16.3. The van der Waals surface area contributed by atoms with Gasteiger partial charge in [-0.3, -0.25) is 0 Å². The Morgan fingerprint density at radius 2 is 1.50 bits per heavy atom. The van der Waals surface area contributed by atoms with Crippen molar-refractivity contribution in [1.29, 1.82) is 0 Å². The van der Waals surface area contributed by atoms with Crippen LogP contribution in [0.2, 0.25) is 0 Å². The van der Waals surface area contributed by atoms with Crippen molar-refractivity contribution in [2.24, 2.45) is 5.73 Å². The zero-order valence-electron chi connectivity index (χ0n) is 13.8. The lowest BCUT2D eigenvalue weighted by atomic mass is 9.96. The van der Waals surface area contributed by atoms with Crippen LogP contribution in [0.5, 0.6) is 0 Å². The molecule has 3 aromatic rings. The van der Waals surface area contributed by atoms with Gasteiger partial charge in [0.15, 0.2) is 0 Å². The molecule has 3 rings (SSSR count). The molecule has 0 atom stereocenters. The largest absolute Gasteiger partial charge is 0.468 e. The molecule has 2 aromatic carbocycles. The second-order valence-electron chi connectivity index (χ2n) is 5.82. The van der Waals surface area contributed by atoms with E-state index < -0.39 is 0 Å². The maximum atomic E-state index is 5.69. The lowest BCUT2D eigenvalue weighted by Gasteiger charge is -2.09. The van der Waals surface area contributed by atoms with Crippen LogP contribution in [0.1, 0.15) is 35.3 Å². The Morgan fingerprint density at radius 1 is 0.875 bits per heavy atom. The molecule has 0 amide bonds. The van der Waals surface area contributed by atoms with Gasteiger partial charge in [-0.05, 0) is 47.6 Å². The number of unbranched alkanes of at least 4 members (excludes halogenated alkanes) is 1. The molecule has 2 nitrogen and oxygen atoms in total. The maximum Gasteiger partial charge on any atom is 0.120 e. The molecule has 122 valence electrons. The Balaban J connectivity index is 1.73. The first kappa shape index (κ1) is 16.3. The minimum atomic E-state index is 0.470. The zero-order valence-corrected chi connectivity index (χ0v) is 13.8. The number of hydrogen-bond acceptors (Lipinski definition) is 2. The number of benzene rings is 2. The predicted molar refractivity (Wildman–Crippen MR) is 99.5 cm³/mol. The summed E-state index contributed by atoms with van der Waals surface area (Å²) in [7, 11) is 0. The van der Waals surface area contributed by atoms with Crippen molar-refractivity contribution in [3.05, 3.63) is 102 Å². The summed E-state index contributed by atoms with van der Waals surface area (Å²) in [5, 5.41) is 0. The van der Waals surface area contributed by atoms with Crippen molar-refractivity contribution in [2.45, 2.75) is 25.8 Å². The average Bonchev–Trinajstić information content (AvgIpc) is 3.11. The first-order chi connectivity index (χ1) is 11.9. The summed E-state index contributed by atoms with van der Waals surface area (Å²) in [6.07, 6.45) is 7.17. The SMILES string of the molecule is NCc1occc1CCCC=C(c1ccccc1)c1ccccc1. The quantitative estimate of drug-likeness (QED) is 0.609. The number of furan rings is 1. The molecule has 0 radical (unpaired) electrons. The Labute approximate surface area is 143 Å². The van der Waals surface area contributed by atoms with E-state index in [1.54, 1.807) is 6.26 Å². The van der Waals surface area contributed by atoms with Gasteiger partial charge >= 0.3 is 0 Å². The van der Waals surface area contributed by atoms with Crippen molar-refractivity contribution in [1.82, 2.24) is 0 Å². The predicted octanol–water partition coefficient (Wildman–Crippen LogP) is 5.19. The number of hydrogen-bond donors (Lipinski definition) is 1. The maximum absolute atomic E-state index is 5.69. The minimum Gasteiger partial charge on any atom is -0.468 e. The van der Waals surface area contributed by atoms with E-state index in [1.807, 2.05) is 6.07 Å². The molecule has 0 bridgehead atoms. The van der Waals surface area contributed by atoms with Gasteiger partial charge in [0.05, 0.1) is 12.8 Å². The van der Waals surface area contributed by atoms with Crippen LogP contribution in [0, 0.1) is 0 Å². The third kappa shape index (κ3) is 4.03. The summed E-state index contributed by atoms with van der Waals surface area (Å²) < 4.78 is 5.39. The smallest absolute Gasteiger partial charge is 0.120 e. The van der Waals surface area contributed by atoms with Crippen LogP contribution < -0.4 is 5.73 Å². The first-order valence-corrected chi connectivity index (χ1v) is 8.45. The van der Waals surface area contributed by atoms with E-state index >= 15 is 0 Å². The zero-order chi connectivity index (χ0) is 16.6. The summed E-state index contributed by atoms with van der Waals surface area (Å²) in [5.74, 6) is 0.908. The Morgan fingerprint density at radius 3 is 2.08 bits per heavy atom. The summed E-state index contributed by atoms with van der Waals surface area (Å²) in [6.45, 7) is 0.470. The lowest BCUT2D eigenvalue weighted by molar-refractivity contribution is 0.506. The van der Waals surface area contributed by atoms with Crippen molar-refractivity contribution in [3.8, 4) is 0 Å². The van der Waals surface area contributed by atoms with Gasteiger partial charge in [-0.1, -0.05) is 66.7 Å². The highest BCUT2D eigenvalue weighted by Gasteiger charge is 2.06. The Bertz CT molecular complexity index is 730. The van der Waals surface area contributed by atoms with E-state index in [1.165, 1.54) is 22.3 Å². The van der Waals surface area contributed by atoms with Crippen molar-refractivity contribution >= 4 is 5.57 Å². The fourth-order valence-electron chi connectivity index (χ4n) is 2.95. The molecule has 0 unspecified atom stereocenters. The second-order valence-corrected chi connectivity index (χ2v) is 5.82. The lowest BCUT2D eigenvalue weighted by Crippen LogP contribution is -1.98. The summed E-state index contributed by atoms with van der Waals surface area (Å²) in [6, 6.07) is 23.2. The molecular formula is C22H23NO. The molecule has 1 aromatic heterocycles. The molecule has 1 heterocycles. The van der Waals surface area contributed by atoms with E-state index in [0.29, 0.717) is 6.54 Å². The Kier molecular flexibility index (Phi) is 5.65. The van der Waals surface area contributed by atoms with E-state index in [9.17, 15) is 0 Å². The van der Waals surface area contributed by atoms with Gasteiger partial charge in [0, 0.05) is 0 Å². The summed E-state index contributed by atoms with van der Waals surface area (Å²) in [4.78, 5) is 0. The normalized spacial score (nSPS) is 10.5. The monoisotopic (exact) mass is 317 g/mol. The molecule has 0 aliphatic heterocycles. The molecule has 0 spiro atoms. The first-order valence-electron chi connectivity index (χ1n) is 8.45. The summed E-state index contributed by atoms with van der Waals surface area (Å²) in [5.41, 5.74) is 10.7. The highest BCUT2D eigenvalue weighted by Crippen LogP contribution is 2.24. The van der Waals surface area contributed by atoms with Crippen molar-refractivity contribution in [2.75, 3.05) is 0 Å². The minimum absolute atomic E-state index is 0.470. The van der Waals surface area contributed by atoms with E-state index in [2.05, 4.69) is 66.7 Å². The fourth-order valence-corrected chi connectivity index (χ4v) is 2.95. The number of rotatable bonds is 7. The molecule has 0 aliphatic rings. The average molecular weight is 317 g/mol. The molecule has 0 aliphatic carbocycles. The van der Waals surface area contributed by atoms with Gasteiger partial charge < -0.3 is 10.2 Å². The second kappa shape index (κ2) is 8.32. The molecular weight excluding hydrogens is 294 g/mol. The van der Waals surface area contributed by atoms with Crippen LogP contribution in [0.25, 0.3) is 5.57 Å². The van der Waals surface area contributed by atoms with Crippen molar-refractivity contribution in [3.63, 3.8) is 0 Å². The van der Waals surface area contributed by atoms with Gasteiger partial charge in [-0.25, -0.2) is 0 Å². The van der Waals surface area contributed by atoms with Gasteiger partial charge in [0.1, 0.15) is 5.76 Å². The third-order valence-electron chi connectivity index (χ3n) is 4.19. The number of allylic oxidation sites excluding steroid dienone is 1. The van der Waals surface area contributed by atoms with E-state index in [-0.39, 0.29) is 0 Å². The summed E-state index contributed by atoms with van der Waals surface area (Å²) >= 11 is 0. The molecule has 2 N–H and O–H groups in total. The molecule has 0 saturated heterocycles. The van der Waals surface area contributed by atoms with Gasteiger partial charge in [0.25, 0.3) is 0 Å². The molecule has 2 heteroatoms. The third-order valence-corrected chi connectivity index (χ3v) is 4.19. The van der Waals surface area contributed by atoms with Crippen molar-refractivity contribution < 1.29 is 4.42 Å². The van der Waals surface area contributed by atoms with Crippen LogP contribution in [0.15, 0.2) is 83.5 Å². The van der Waals surface area contributed by atoms with Crippen LogP contribution in [0.4, 0.5) is 0 Å². The molecule has 24 heavy (non-hydrogen) atoms. The van der Waals surface area contributed by atoms with Gasteiger partial charge in [-0.2, -0.15) is 0 Å². The Hall–Kier alpha value is -2.58. The number of aryl methyl sites for hydroxylation is 1. The van der Waals surface area contributed by atoms with Crippen LogP contribution >= 0.6 is 0 Å². The highest BCUT2D eigenvalue weighted by molar-refractivity contribution is 5.79.